The number of hydrazone groups is 1. The van der Waals surface area contributed by atoms with Crippen LogP contribution in [0.15, 0.2) is 35.6 Å². The van der Waals surface area contributed by atoms with Crippen LogP contribution in [0, 0.1) is 6.92 Å². The fraction of sp³-hybridized carbons (Fsp3) is 0.154. The van der Waals surface area contributed by atoms with E-state index in [4.69, 9.17) is 5.11 Å². The minimum Gasteiger partial charge on any atom is -0.508 e. The average molecular weight is 274 g/mol. The second-order valence-corrected chi connectivity index (χ2v) is 4.17. The van der Waals surface area contributed by atoms with Gasteiger partial charge in [-0.05, 0) is 25.1 Å². The highest BCUT2D eigenvalue weighted by Gasteiger charge is 2.04. The number of benzene rings is 1. The van der Waals surface area contributed by atoms with Gasteiger partial charge in [0.1, 0.15) is 18.0 Å². The maximum atomic E-state index is 11.6. The lowest BCUT2D eigenvalue weighted by atomic mass is 10.2. The van der Waals surface area contributed by atoms with Gasteiger partial charge >= 0.3 is 0 Å². The Bertz CT molecular complexity index is 649. The predicted molar refractivity (Wildman–Crippen MR) is 72.5 cm³/mol. The number of nitrogens with one attached hydrogen (secondary N) is 1. The number of aromatic hydroxyl groups is 2. The zero-order valence-corrected chi connectivity index (χ0v) is 10.8. The fourth-order valence-corrected chi connectivity index (χ4v) is 1.55. The van der Waals surface area contributed by atoms with E-state index in [1.165, 1.54) is 24.4 Å². The molecule has 0 saturated carbocycles. The number of amides is 1. The first-order valence-corrected chi connectivity index (χ1v) is 5.88. The number of hydrogen-bond acceptors (Lipinski definition) is 5. The molecule has 0 radical (unpaired) electrons. The Morgan fingerprint density at radius 1 is 1.45 bits per heavy atom. The molecule has 0 unspecified atom stereocenters. The number of carbonyl (C=O) groups excluding carboxylic acids is 1. The summed E-state index contributed by atoms with van der Waals surface area (Å²) in [5.74, 6) is -0.491. The van der Waals surface area contributed by atoms with Crippen molar-refractivity contribution >= 4 is 12.1 Å². The summed E-state index contributed by atoms with van der Waals surface area (Å²) in [5.41, 5.74) is 3.60. The Morgan fingerprint density at radius 3 is 2.90 bits per heavy atom. The number of rotatable bonds is 4. The predicted octanol–water partition coefficient (Wildman–Crippen LogP) is 0.753. The molecule has 7 heteroatoms. The summed E-state index contributed by atoms with van der Waals surface area (Å²) < 4.78 is 1.54. The number of nitrogens with zero attached hydrogens (tertiary/aromatic N) is 3. The van der Waals surface area contributed by atoms with E-state index in [1.54, 1.807) is 16.9 Å². The minimum atomic E-state index is -0.327. The molecule has 104 valence electrons. The molecule has 1 aromatic heterocycles. The van der Waals surface area contributed by atoms with Gasteiger partial charge in [0.05, 0.1) is 6.21 Å². The van der Waals surface area contributed by atoms with Crippen molar-refractivity contribution in [1.82, 2.24) is 15.2 Å². The summed E-state index contributed by atoms with van der Waals surface area (Å²) in [6, 6.07) is 5.88. The Balaban J connectivity index is 1.93. The van der Waals surface area contributed by atoms with Crippen LogP contribution < -0.4 is 5.43 Å². The van der Waals surface area contributed by atoms with Crippen LogP contribution >= 0.6 is 0 Å². The molecular formula is C13H14N4O3. The van der Waals surface area contributed by atoms with Crippen LogP contribution in [0.2, 0.25) is 0 Å². The first-order chi connectivity index (χ1) is 9.56. The Kier molecular flexibility index (Phi) is 3.99. The van der Waals surface area contributed by atoms with Gasteiger partial charge in [0.2, 0.25) is 0 Å². The molecule has 2 rings (SSSR count). The van der Waals surface area contributed by atoms with Crippen molar-refractivity contribution in [2.75, 3.05) is 0 Å². The SMILES string of the molecule is Cc1ccnn1CC(=O)N/N=C/c1ccc(O)cc1O. The molecule has 20 heavy (non-hydrogen) atoms. The van der Waals surface area contributed by atoms with Crippen LogP contribution in [0.5, 0.6) is 11.5 Å². The molecular weight excluding hydrogens is 260 g/mol. The van der Waals surface area contributed by atoms with Crippen molar-refractivity contribution in [1.29, 1.82) is 0 Å². The third-order valence-corrected chi connectivity index (χ3v) is 2.63. The van der Waals surface area contributed by atoms with E-state index in [-0.39, 0.29) is 24.0 Å². The Morgan fingerprint density at radius 2 is 2.25 bits per heavy atom. The number of aryl methyl sites for hydroxylation is 1. The third-order valence-electron chi connectivity index (χ3n) is 2.63. The fourth-order valence-electron chi connectivity index (χ4n) is 1.55. The number of carbonyl (C=O) groups is 1. The first kappa shape index (κ1) is 13.6. The van der Waals surface area contributed by atoms with Crippen LogP contribution in [-0.4, -0.2) is 32.1 Å². The van der Waals surface area contributed by atoms with E-state index >= 15 is 0 Å². The topological polar surface area (TPSA) is 99.7 Å². The Hall–Kier alpha value is -2.83. The van der Waals surface area contributed by atoms with Crippen LogP contribution in [0.4, 0.5) is 0 Å². The molecule has 3 N–H and O–H groups in total. The summed E-state index contributed by atoms with van der Waals surface area (Å²) >= 11 is 0. The second-order valence-electron chi connectivity index (χ2n) is 4.17. The molecule has 1 amide bonds. The molecule has 0 aliphatic rings. The third kappa shape index (κ3) is 3.35. The number of aromatic nitrogens is 2. The van der Waals surface area contributed by atoms with Gasteiger partial charge in [-0.2, -0.15) is 10.2 Å². The largest absolute Gasteiger partial charge is 0.508 e. The van der Waals surface area contributed by atoms with Crippen LogP contribution in [0.1, 0.15) is 11.3 Å². The van der Waals surface area contributed by atoms with Crippen molar-refractivity contribution in [2.45, 2.75) is 13.5 Å². The molecule has 1 heterocycles. The van der Waals surface area contributed by atoms with Crippen LogP contribution in [-0.2, 0) is 11.3 Å². The van der Waals surface area contributed by atoms with E-state index in [1.807, 2.05) is 6.92 Å². The standard InChI is InChI=1S/C13H14N4O3/c1-9-4-5-15-17(9)8-13(20)16-14-7-10-2-3-11(18)6-12(10)19/h2-7,18-19H,8H2,1H3,(H,16,20)/b14-7+. The summed E-state index contributed by atoms with van der Waals surface area (Å²) in [4.78, 5) is 11.6. The first-order valence-electron chi connectivity index (χ1n) is 5.88. The second kappa shape index (κ2) is 5.87. The molecule has 0 bridgehead atoms. The molecule has 0 saturated heterocycles. The highest BCUT2D eigenvalue weighted by Crippen LogP contribution is 2.20. The van der Waals surface area contributed by atoms with Gasteiger partial charge < -0.3 is 10.2 Å². The number of phenols is 2. The van der Waals surface area contributed by atoms with Gasteiger partial charge in [-0.15, -0.1) is 0 Å². The van der Waals surface area contributed by atoms with Gasteiger partial charge in [0, 0.05) is 23.5 Å². The van der Waals surface area contributed by atoms with Crippen molar-refractivity contribution in [3.8, 4) is 11.5 Å². The quantitative estimate of drug-likeness (QED) is 0.566. The minimum absolute atomic E-state index is 0.0437. The highest BCUT2D eigenvalue weighted by atomic mass is 16.3. The molecule has 0 aliphatic heterocycles. The summed E-state index contributed by atoms with van der Waals surface area (Å²) in [6.45, 7) is 1.91. The highest BCUT2D eigenvalue weighted by molar-refractivity contribution is 5.85. The van der Waals surface area contributed by atoms with E-state index in [0.29, 0.717) is 5.56 Å². The van der Waals surface area contributed by atoms with Crippen molar-refractivity contribution in [3.63, 3.8) is 0 Å². The van der Waals surface area contributed by atoms with E-state index < -0.39 is 0 Å². The van der Waals surface area contributed by atoms with Gasteiger partial charge in [-0.3, -0.25) is 9.48 Å². The molecule has 0 atom stereocenters. The molecule has 2 aromatic rings. The number of phenolic OH excluding ortho intramolecular Hbond substituents is 2. The van der Waals surface area contributed by atoms with Gasteiger partial charge in [-0.1, -0.05) is 0 Å². The summed E-state index contributed by atoms with van der Waals surface area (Å²) in [6.07, 6.45) is 2.91. The lowest BCUT2D eigenvalue weighted by Gasteiger charge is -2.03. The van der Waals surface area contributed by atoms with Gasteiger partial charge in [0.25, 0.3) is 5.91 Å². The van der Waals surface area contributed by atoms with Crippen molar-refractivity contribution in [2.24, 2.45) is 5.10 Å². The average Bonchev–Trinajstić information content (AvgIpc) is 2.78. The number of hydrogen-bond donors (Lipinski definition) is 3. The van der Waals surface area contributed by atoms with Crippen LogP contribution in [0.25, 0.3) is 0 Å². The zero-order valence-electron chi connectivity index (χ0n) is 10.8. The zero-order chi connectivity index (χ0) is 14.5. The molecule has 0 spiro atoms. The lowest BCUT2D eigenvalue weighted by molar-refractivity contribution is -0.121. The molecule has 1 aromatic carbocycles. The van der Waals surface area contributed by atoms with E-state index in [0.717, 1.165) is 5.69 Å². The molecule has 7 nitrogen and oxygen atoms in total. The van der Waals surface area contributed by atoms with Crippen LogP contribution in [0.3, 0.4) is 0 Å². The molecule has 0 aliphatic carbocycles. The smallest absolute Gasteiger partial charge is 0.261 e. The molecule has 0 fully saturated rings. The maximum Gasteiger partial charge on any atom is 0.261 e. The van der Waals surface area contributed by atoms with Crippen molar-refractivity contribution < 1.29 is 15.0 Å². The Labute approximate surface area is 115 Å². The monoisotopic (exact) mass is 274 g/mol. The normalized spacial score (nSPS) is 10.8. The maximum absolute atomic E-state index is 11.6. The van der Waals surface area contributed by atoms with Crippen molar-refractivity contribution in [3.05, 3.63) is 41.7 Å². The van der Waals surface area contributed by atoms with E-state index in [2.05, 4.69) is 15.6 Å². The summed E-state index contributed by atoms with van der Waals surface area (Å²) in [5, 5.41) is 26.4. The van der Waals surface area contributed by atoms with E-state index in [9.17, 15) is 9.90 Å². The summed E-state index contributed by atoms with van der Waals surface area (Å²) in [7, 11) is 0. The van der Waals surface area contributed by atoms with Gasteiger partial charge in [0.15, 0.2) is 0 Å². The lowest BCUT2D eigenvalue weighted by Crippen LogP contribution is -2.24. The van der Waals surface area contributed by atoms with Gasteiger partial charge in [-0.25, -0.2) is 5.43 Å².